The lowest BCUT2D eigenvalue weighted by molar-refractivity contribution is 0.0728. The number of rotatable bonds is 3. The van der Waals surface area contributed by atoms with Crippen molar-refractivity contribution >= 4 is 5.91 Å². The number of hydrogen-bond donors (Lipinski definition) is 1. The number of nitrogens with zero attached hydrogens (tertiary/aromatic N) is 4. The molecule has 0 fully saturated rings. The van der Waals surface area contributed by atoms with E-state index in [1.54, 1.807) is 47.8 Å². The molecule has 1 aliphatic heterocycles. The highest BCUT2D eigenvalue weighted by atomic mass is 19.1. The molecule has 1 amide bonds. The van der Waals surface area contributed by atoms with E-state index in [0.29, 0.717) is 36.6 Å². The molecule has 0 aliphatic carbocycles. The highest BCUT2D eigenvalue weighted by molar-refractivity contribution is 5.93. The molecule has 4 heterocycles. The third-order valence-corrected chi connectivity index (χ3v) is 5.42. The molecular formula is C23H18FN5O2. The van der Waals surface area contributed by atoms with E-state index in [1.165, 1.54) is 16.7 Å². The Labute approximate surface area is 176 Å². The number of aromatic amines is 1. The van der Waals surface area contributed by atoms with Gasteiger partial charge in [0.15, 0.2) is 0 Å². The van der Waals surface area contributed by atoms with Gasteiger partial charge in [-0.15, -0.1) is 0 Å². The van der Waals surface area contributed by atoms with Gasteiger partial charge in [0.1, 0.15) is 11.5 Å². The van der Waals surface area contributed by atoms with E-state index in [1.807, 2.05) is 12.1 Å². The number of nitrogens with one attached hydrogen (secondary N) is 1. The van der Waals surface area contributed by atoms with Crippen LogP contribution < -0.4 is 5.56 Å². The lowest BCUT2D eigenvalue weighted by Crippen LogP contribution is -2.37. The van der Waals surface area contributed by atoms with E-state index in [9.17, 15) is 14.0 Å². The average molecular weight is 415 g/mol. The summed E-state index contributed by atoms with van der Waals surface area (Å²) in [5.74, 6) is -0.518. The van der Waals surface area contributed by atoms with Crippen LogP contribution in [0, 0.1) is 5.82 Å². The Morgan fingerprint density at radius 1 is 1.03 bits per heavy atom. The summed E-state index contributed by atoms with van der Waals surface area (Å²) in [7, 11) is 0. The van der Waals surface area contributed by atoms with Gasteiger partial charge in [-0.2, -0.15) is 5.10 Å². The molecule has 0 radical (unpaired) electrons. The quantitative estimate of drug-likeness (QED) is 0.558. The fraction of sp³-hybridized carbons (Fsp3) is 0.130. The van der Waals surface area contributed by atoms with E-state index in [-0.39, 0.29) is 17.3 Å². The van der Waals surface area contributed by atoms with Gasteiger partial charge in [-0.1, -0.05) is 0 Å². The molecule has 0 saturated heterocycles. The zero-order valence-corrected chi connectivity index (χ0v) is 16.5. The van der Waals surface area contributed by atoms with Crippen molar-refractivity contribution in [1.29, 1.82) is 0 Å². The van der Waals surface area contributed by atoms with Crippen LogP contribution in [0.1, 0.15) is 21.6 Å². The molecule has 0 bridgehead atoms. The van der Waals surface area contributed by atoms with Crippen LogP contribution in [-0.2, 0) is 13.0 Å². The molecule has 1 aliphatic rings. The molecule has 0 spiro atoms. The number of fused-ring (bicyclic) bond motifs is 1. The Morgan fingerprint density at radius 3 is 2.58 bits per heavy atom. The summed E-state index contributed by atoms with van der Waals surface area (Å²) in [6.07, 6.45) is 5.67. The number of amides is 1. The van der Waals surface area contributed by atoms with Gasteiger partial charge >= 0.3 is 0 Å². The summed E-state index contributed by atoms with van der Waals surface area (Å²) in [6.45, 7) is 0.884. The van der Waals surface area contributed by atoms with Crippen molar-refractivity contribution < 1.29 is 9.18 Å². The second-order valence-corrected chi connectivity index (χ2v) is 7.39. The fourth-order valence-corrected chi connectivity index (χ4v) is 3.78. The molecule has 31 heavy (non-hydrogen) atoms. The van der Waals surface area contributed by atoms with Crippen LogP contribution in [0.4, 0.5) is 4.39 Å². The van der Waals surface area contributed by atoms with Crippen molar-refractivity contribution in [2.45, 2.75) is 13.0 Å². The molecule has 0 atom stereocenters. The average Bonchev–Trinajstić information content (AvgIpc) is 3.29. The van der Waals surface area contributed by atoms with E-state index in [4.69, 9.17) is 0 Å². The van der Waals surface area contributed by atoms with E-state index in [0.717, 1.165) is 16.7 Å². The Balaban J connectivity index is 1.41. The smallest absolute Gasteiger partial charge is 0.272 e. The van der Waals surface area contributed by atoms with Gasteiger partial charge in [0, 0.05) is 49.0 Å². The summed E-state index contributed by atoms with van der Waals surface area (Å²) in [6, 6.07) is 12.7. The first-order valence-electron chi connectivity index (χ1n) is 9.84. The maximum Gasteiger partial charge on any atom is 0.272 e. The number of benzene rings is 1. The zero-order valence-electron chi connectivity index (χ0n) is 16.5. The monoisotopic (exact) mass is 415 g/mol. The summed E-state index contributed by atoms with van der Waals surface area (Å²) in [5.41, 5.74) is 4.16. The Bertz CT molecular complexity index is 1310. The minimum absolute atomic E-state index is 0.155. The molecule has 154 valence electrons. The lowest BCUT2D eigenvalue weighted by atomic mass is 10.0. The molecular weight excluding hydrogens is 397 g/mol. The summed E-state index contributed by atoms with van der Waals surface area (Å²) >= 11 is 0. The number of carbonyl (C=O) groups excluding carboxylic acids is 1. The second-order valence-electron chi connectivity index (χ2n) is 7.39. The lowest BCUT2D eigenvalue weighted by Gasteiger charge is -2.28. The summed E-state index contributed by atoms with van der Waals surface area (Å²) in [4.78, 5) is 31.3. The molecule has 4 aromatic rings. The third-order valence-electron chi connectivity index (χ3n) is 5.42. The number of H-pyrrole nitrogens is 1. The Kier molecular flexibility index (Phi) is 4.66. The molecule has 0 saturated carbocycles. The van der Waals surface area contributed by atoms with Gasteiger partial charge in [-0.3, -0.25) is 24.2 Å². The third kappa shape index (κ3) is 3.63. The maximum atomic E-state index is 13.2. The molecule has 7 nitrogen and oxygen atoms in total. The van der Waals surface area contributed by atoms with Crippen molar-refractivity contribution in [3.05, 3.63) is 100 Å². The van der Waals surface area contributed by atoms with Crippen LogP contribution in [0.25, 0.3) is 16.9 Å². The van der Waals surface area contributed by atoms with Crippen molar-refractivity contribution in [1.82, 2.24) is 24.6 Å². The Hall–Kier alpha value is -4.07. The number of aromatic nitrogens is 4. The van der Waals surface area contributed by atoms with Crippen LogP contribution >= 0.6 is 0 Å². The van der Waals surface area contributed by atoms with Gasteiger partial charge < -0.3 is 4.90 Å². The van der Waals surface area contributed by atoms with Gasteiger partial charge in [0.2, 0.25) is 0 Å². The topological polar surface area (TPSA) is 83.9 Å². The van der Waals surface area contributed by atoms with Crippen molar-refractivity contribution in [2.75, 3.05) is 6.54 Å². The van der Waals surface area contributed by atoms with Crippen LogP contribution in [0.3, 0.4) is 0 Å². The first-order chi connectivity index (χ1) is 15.1. The van der Waals surface area contributed by atoms with Gasteiger partial charge in [0.25, 0.3) is 11.5 Å². The van der Waals surface area contributed by atoms with Crippen molar-refractivity contribution in [2.24, 2.45) is 0 Å². The molecule has 8 heteroatoms. The highest BCUT2D eigenvalue weighted by Crippen LogP contribution is 2.22. The van der Waals surface area contributed by atoms with Crippen molar-refractivity contribution in [3.8, 4) is 16.9 Å². The molecule has 3 aromatic heterocycles. The fourth-order valence-electron chi connectivity index (χ4n) is 3.78. The molecule has 5 rings (SSSR count). The first-order valence-corrected chi connectivity index (χ1v) is 9.84. The van der Waals surface area contributed by atoms with Crippen LogP contribution in [0.5, 0.6) is 0 Å². The van der Waals surface area contributed by atoms with E-state index < -0.39 is 0 Å². The number of carbonyl (C=O) groups is 1. The minimum Gasteiger partial charge on any atom is -0.333 e. The van der Waals surface area contributed by atoms with Gasteiger partial charge in [-0.25, -0.2) is 4.39 Å². The zero-order chi connectivity index (χ0) is 21.4. The molecule has 1 aromatic carbocycles. The second kappa shape index (κ2) is 7.64. The normalized spacial score (nSPS) is 13.1. The van der Waals surface area contributed by atoms with Gasteiger partial charge in [0.05, 0.1) is 5.69 Å². The summed E-state index contributed by atoms with van der Waals surface area (Å²) in [5, 5.41) is 7.07. The SMILES string of the molecule is O=C(c1cc(-c2ccncc2)n[nH]1)N1CCc2cc(=O)n(-c3ccc(F)cc3)cc2C1. The molecule has 1 N–H and O–H groups in total. The van der Waals surface area contributed by atoms with E-state index in [2.05, 4.69) is 15.2 Å². The number of hydrogen-bond acceptors (Lipinski definition) is 4. The van der Waals surface area contributed by atoms with Crippen LogP contribution in [0.2, 0.25) is 0 Å². The standard InChI is InChI=1S/C23H18FN5O2/c24-18-1-3-19(4-2-18)29-14-17-13-28(10-7-16(17)11-22(29)30)23(31)21-12-20(26-27-21)15-5-8-25-9-6-15/h1-6,8-9,11-12,14H,7,10,13H2,(H,26,27). The summed E-state index contributed by atoms with van der Waals surface area (Å²) < 4.78 is 14.7. The maximum absolute atomic E-state index is 13.2. The number of halogens is 1. The minimum atomic E-state index is -0.364. The number of pyridine rings is 2. The van der Waals surface area contributed by atoms with E-state index >= 15 is 0 Å². The predicted octanol–water partition coefficient (Wildman–Crippen LogP) is 2.96. The van der Waals surface area contributed by atoms with Crippen molar-refractivity contribution in [3.63, 3.8) is 0 Å². The van der Waals surface area contributed by atoms with Crippen LogP contribution in [-0.4, -0.2) is 37.1 Å². The van der Waals surface area contributed by atoms with Crippen LogP contribution in [0.15, 0.2) is 71.9 Å². The highest BCUT2D eigenvalue weighted by Gasteiger charge is 2.24. The predicted molar refractivity (Wildman–Crippen MR) is 112 cm³/mol. The van der Waals surface area contributed by atoms with Gasteiger partial charge in [-0.05, 0) is 60.0 Å². The molecule has 0 unspecified atom stereocenters. The largest absolute Gasteiger partial charge is 0.333 e. The Morgan fingerprint density at radius 2 is 1.81 bits per heavy atom. The first kappa shape index (κ1) is 18.9.